The zero-order chi connectivity index (χ0) is 31.8. The number of nitrogens with one attached hydrogen (secondary N) is 3. The van der Waals surface area contributed by atoms with Gasteiger partial charge in [0.15, 0.2) is 0 Å². The topological polar surface area (TPSA) is 111 Å². The average Bonchev–Trinajstić information content (AvgIpc) is 3.48. The fourth-order valence-corrected chi connectivity index (χ4v) is 6.45. The lowest BCUT2D eigenvalue weighted by molar-refractivity contribution is -0.147. The molecule has 2 aliphatic heterocycles. The second-order valence-corrected chi connectivity index (χ2v) is 12.1. The molecule has 0 aromatic heterocycles. The minimum atomic E-state index is -0.966. The molecule has 0 radical (unpaired) electrons. The van der Waals surface area contributed by atoms with Crippen LogP contribution in [0.15, 0.2) is 91.0 Å². The minimum Gasteiger partial charge on any atom is -0.343 e. The zero-order valence-electron chi connectivity index (χ0n) is 26.4. The lowest BCUT2D eigenvalue weighted by Crippen LogP contribution is -2.61. The molecule has 2 fully saturated rings. The van der Waals surface area contributed by atoms with Crippen LogP contribution in [0.5, 0.6) is 0 Å². The summed E-state index contributed by atoms with van der Waals surface area (Å²) >= 11 is 0. The van der Waals surface area contributed by atoms with Crippen molar-refractivity contribution in [2.45, 2.75) is 56.8 Å². The molecule has 4 atom stereocenters. The molecule has 4 amide bonds. The standard InChI is InChI=1S/C36H43N5O4.ClH/c1-25(23-37-2)34(43)38-30-24-40(32(42)22-26-12-6-3-7-13-26)21-20-29-18-19-31(41(29)36(30)45)35(44)39-33(27-14-8-4-9-15-27)28-16-10-5-11-17-28;/h3-17,25,29-31,33,37H,18-24H2,1-2H3,(H,38,43)(H,39,44);1H/t25-,29-,30+,31+;/m1./s1. The minimum absolute atomic E-state index is 0. The van der Waals surface area contributed by atoms with Crippen molar-refractivity contribution in [1.29, 1.82) is 0 Å². The van der Waals surface area contributed by atoms with Gasteiger partial charge in [-0.15, -0.1) is 12.4 Å². The highest BCUT2D eigenvalue weighted by Gasteiger charge is 2.46. The predicted molar refractivity (Wildman–Crippen MR) is 180 cm³/mol. The van der Waals surface area contributed by atoms with Crippen molar-refractivity contribution in [2.24, 2.45) is 5.92 Å². The van der Waals surface area contributed by atoms with Gasteiger partial charge >= 0.3 is 0 Å². The molecular weight excluding hydrogens is 602 g/mol. The Kier molecular flexibility index (Phi) is 12.3. The number of carbonyl (C=O) groups is 4. The van der Waals surface area contributed by atoms with E-state index in [9.17, 15) is 19.2 Å². The fraction of sp³-hybridized carbons (Fsp3) is 0.389. The smallest absolute Gasteiger partial charge is 0.247 e. The van der Waals surface area contributed by atoms with Crippen LogP contribution in [0.25, 0.3) is 0 Å². The number of rotatable bonds is 10. The van der Waals surface area contributed by atoms with Gasteiger partial charge in [-0.2, -0.15) is 0 Å². The van der Waals surface area contributed by atoms with Crippen LogP contribution in [0.3, 0.4) is 0 Å². The van der Waals surface area contributed by atoms with Gasteiger partial charge in [-0.1, -0.05) is 97.9 Å². The summed E-state index contributed by atoms with van der Waals surface area (Å²) in [7, 11) is 1.77. The predicted octanol–water partition coefficient (Wildman–Crippen LogP) is 3.49. The lowest BCUT2D eigenvalue weighted by Gasteiger charge is -2.39. The molecule has 46 heavy (non-hydrogen) atoms. The van der Waals surface area contributed by atoms with Gasteiger partial charge in [-0.3, -0.25) is 19.2 Å². The van der Waals surface area contributed by atoms with Crippen LogP contribution in [-0.4, -0.2) is 78.2 Å². The highest BCUT2D eigenvalue weighted by Crippen LogP contribution is 2.31. The van der Waals surface area contributed by atoms with Crippen LogP contribution in [0.4, 0.5) is 0 Å². The van der Waals surface area contributed by atoms with Gasteiger partial charge in [0, 0.05) is 31.6 Å². The van der Waals surface area contributed by atoms with Gasteiger partial charge in [-0.05, 0) is 43.0 Å². The molecule has 2 heterocycles. The first-order chi connectivity index (χ1) is 21.9. The molecule has 3 aromatic rings. The molecule has 3 N–H and O–H groups in total. The van der Waals surface area contributed by atoms with Gasteiger partial charge in [0.25, 0.3) is 0 Å². The van der Waals surface area contributed by atoms with Crippen molar-refractivity contribution in [2.75, 3.05) is 26.7 Å². The molecule has 0 unspecified atom stereocenters. The third kappa shape index (κ3) is 8.33. The van der Waals surface area contributed by atoms with Crippen LogP contribution >= 0.6 is 12.4 Å². The summed E-state index contributed by atoms with van der Waals surface area (Å²) in [5.74, 6) is -1.30. The van der Waals surface area contributed by atoms with E-state index in [0.717, 1.165) is 16.7 Å². The Labute approximate surface area is 277 Å². The lowest BCUT2D eigenvalue weighted by atomic mass is 9.98. The Bertz CT molecular complexity index is 1420. The van der Waals surface area contributed by atoms with Crippen molar-refractivity contribution in [3.63, 3.8) is 0 Å². The van der Waals surface area contributed by atoms with E-state index in [1.54, 1.807) is 23.8 Å². The third-order valence-corrected chi connectivity index (χ3v) is 8.87. The number of amides is 4. The van der Waals surface area contributed by atoms with Gasteiger partial charge in [-0.25, -0.2) is 0 Å². The zero-order valence-corrected chi connectivity index (χ0v) is 27.2. The molecule has 3 aromatic carbocycles. The van der Waals surface area contributed by atoms with E-state index in [1.807, 2.05) is 91.0 Å². The van der Waals surface area contributed by atoms with Crippen molar-refractivity contribution >= 4 is 36.0 Å². The van der Waals surface area contributed by atoms with E-state index >= 15 is 0 Å². The number of benzene rings is 3. The van der Waals surface area contributed by atoms with Crippen molar-refractivity contribution in [3.05, 3.63) is 108 Å². The van der Waals surface area contributed by atoms with Crippen LogP contribution in [0, 0.1) is 5.92 Å². The number of halogens is 1. The van der Waals surface area contributed by atoms with Crippen LogP contribution in [-0.2, 0) is 25.6 Å². The highest BCUT2D eigenvalue weighted by molar-refractivity contribution is 5.94. The third-order valence-electron chi connectivity index (χ3n) is 8.87. The normalized spacial score (nSPS) is 20.2. The van der Waals surface area contributed by atoms with E-state index in [4.69, 9.17) is 0 Å². The molecule has 0 aliphatic carbocycles. The number of nitrogens with zero attached hydrogens (tertiary/aromatic N) is 2. The van der Waals surface area contributed by atoms with Crippen LogP contribution in [0.1, 0.15) is 48.9 Å². The van der Waals surface area contributed by atoms with Gasteiger partial charge in [0.05, 0.1) is 12.5 Å². The summed E-state index contributed by atoms with van der Waals surface area (Å²) in [5.41, 5.74) is 2.79. The largest absolute Gasteiger partial charge is 0.343 e. The summed E-state index contributed by atoms with van der Waals surface area (Å²) < 4.78 is 0. The fourth-order valence-electron chi connectivity index (χ4n) is 6.45. The Hall–Kier alpha value is -4.21. The first kappa shape index (κ1) is 34.7. The summed E-state index contributed by atoms with van der Waals surface area (Å²) in [6.45, 7) is 2.72. The summed E-state index contributed by atoms with van der Waals surface area (Å²) in [5, 5.41) is 9.18. The monoisotopic (exact) mass is 645 g/mol. The molecule has 2 aliphatic rings. The molecule has 244 valence electrons. The molecule has 0 bridgehead atoms. The Morgan fingerprint density at radius 2 is 1.43 bits per heavy atom. The van der Waals surface area contributed by atoms with Crippen LogP contribution in [0.2, 0.25) is 0 Å². The van der Waals surface area contributed by atoms with Crippen molar-refractivity contribution in [1.82, 2.24) is 25.8 Å². The van der Waals surface area contributed by atoms with E-state index in [0.29, 0.717) is 32.4 Å². The first-order valence-corrected chi connectivity index (χ1v) is 15.8. The molecule has 10 heteroatoms. The van der Waals surface area contributed by atoms with Gasteiger partial charge in [0.2, 0.25) is 23.6 Å². The molecule has 0 saturated carbocycles. The molecule has 5 rings (SSSR count). The van der Waals surface area contributed by atoms with E-state index in [1.165, 1.54) is 0 Å². The van der Waals surface area contributed by atoms with E-state index in [2.05, 4.69) is 16.0 Å². The molecule has 2 saturated heterocycles. The van der Waals surface area contributed by atoms with Gasteiger partial charge < -0.3 is 25.8 Å². The average molecular weight is 646 g/mol. The van der Waals surface area contributed by atoms with Crippen molar-refractivity contribution < 1.29 is 19.2 Å². The SMILES string of the molecule is CNC[C@@H](C)C(=O)N[C@H]1CN(C(=O)Cc2ccccc2)CC[C@H]2CC[C@@H](C(=O)NC(c3ccccc3)c3ccccc3)N2C1=O.Cl. The second-order valence-electron chi connectivity index (χ2n) is 12.1. The summed E-state index contributed by atoms with van der Waals surface area (Å²) in [6.07, 6.45) is 1.93. The Morgan fingerprint density at radius 3 is 2.02 bits per heavy atom. The van der Waals surface area contributed by atoms with E-state index < -0.39 is 12.1 Å². The van der Waals surface area contributed by atoms with Crippen LogP contribution < -0.4 is 16.0 Å². The number of hydrogen-bond acceptors (Lipinski definition) is 5. The van der Waals surface area contributed by atoms with Crippen molar-refractivity contribution in [3.8, 4) is 0 Å². The highest BCUT2D eigenvalue weighted by atomic mass is 35.5. The number of fused-ring (bicyclic) bond motifs is 1. The molecule has 9 nitrogen and oxygen atoms in total. The van der Waals surface area contributed by atoms with E-state index in [-0.39, 0.29) is 67.0 Å². The van der Waals surface area contributed by atoms with Gasteiger partial charge in [0.1, 0.15) is 12.1 Å². The number of carbonyl (C=O) groups excluding carboxylic acids is 4. The Morgan fingerprint density at radius 1 is 0.848 bits per heavy atom. The second kappa shape index (κ2) is 16.4. The Balaban J connectivity index is 0.00000480. The quantitative estimate of drug-likeness (QED) is 0.313. The summed E-state index contributed by atoms with van der Waals surface area (Å²) in [6, 6.07) is 26.8. The maximum atomic E-state index is 14.3. The molecular formula is C36H44ClN5O4. The maximum absolute atomic E-state index is 14.3. The maximum Gasteiger partial charge on any atom is 0.247 e. The number of hydrogen-bond donors (Lipinski definition) is 3. The molecule has 0 spiro atoms. The first-order valence-electron chi connectivity index (χ1n) is 15.8. The summed E-state index contributed by atoms with van der Waals surface area (Å²) in [4.78, 5) is 58.4.